The van der Waals surface area contributed by atoms with Gasteiger partial charge >= 0.3 is 5.97 Å². The Hall–Kier alpha value is -3.40. The van der Waals surface area contributed by atoms with Gasteiger partial charge in [-0.25, -0.2) is 4.98 Å². The highest BCUT2D eigenvalue weighted by Gasteiger charge is 2.19. The molecule has 9 nitrogen and oxygen atoms in total. The number of nitrogens with zero attached hydrogens (tertiary/aromatic N) is 2. The van der Waals surface area contributed by atoms with Crippen molar-refractivity contribution in [2.75, 3.05) is 13.3 Å². The van der Waals surface area contributed by atoms with Crippen LogP contribution >= 0.6 is 11.3 Å². The minimum Gasteiger partial charge on any atom is -0.458 e. The summed E-state index contributed by atoms with van der Waals surface area (Å²) in [6.07, 6.45) is 4.05. The van der Waals surface area contributed by atoms with E-state index in [1.165, 1.54) is 22.3 Å². The molecule has 0 spiro atoms. The number of hydrogen-bond donors (Lipinski definition) is 1. The van der Waals surface area contributed by atoms with E-state index in [0.717, 1.165) is 31.4 Å². The molecule has 3 aromatic rings. The van der Waals surface area contributed by atoms with E-state index < -0.39 is 11.9 Å². The molecule has 1 aromatic carbocycles. The molecule has 1 N–H and O–H groups in total. The topological polar surface area (TPSA) is 108 Å². The van der Waals surface area contributed by atoms with Gasteiger partial charge in [-0.3, -0.25) is 18.8 Å². The second-order valence-electron chi connectivity index (χ2n) is 7.29. The monoisotopic (exact) mass is 441 g/mol. The van der Waals surface area contributed by atoms with Crippen LogP contribution in [-0.2, 0) is 29.0 Å². The lowest BCUT2D eigenvalue weighted by Gasteiger charge is -2.10. The number of nitrogens with one attached hydrogen (secondary N) is 1. The molecule has 0 atom stereocenters. The largest absolute Gasteiger partial charge is 0.458 e. The second kappa shape index (κ2) is 8.03. The maximum Gasteiger partial charge on any atom is 0.325 e. The fraction of sp³-hybridized carbons (Fsp3) is 0.333. The Bertz CT molecular complexity index is 1250. The van der Waals surface area contributed by atoms with E-state index in [0.29, 0.717) is 27.7 Å². The van der Waals surface area contributed by atoms with Gasteiger partial charge in [-0.2, -0.15) is 0 Å². The fourth-order valence-electron chi connectivity index (χ4n) is 3.71. The van der Waals surface area contributed by atoms with Crippen molar-refractivity contribution in [3.63, 3.8) is 0 Å². The SMILES string of the molecule is O=C(CNC(=O)c1ccc2c(c1)OCO2)OCc1cc(=O)n2c3c(sc2n1)CCCC3. The van der Waals surface area contributed by atoms with Crippen LogP contribution in [0.1, 0.15) is 39.5 Å². The summed E-state index contributed by atoms with van der Waals surface area (Å²) in [6, 6.07) is 6.17. The van der Waals surface area contributed by atoms with Crippen molar-refractivity contribution in [1.82, 2.24) is 14.7 Å². The van der Waals surface area contributed by atoms with Gasteiger partial charge in [0.1, 0.15) is 13.2 Å². The van der Waals surface area contributed by atoms with Crippen LogP contribution in [0.25, 0.3) is 4.96 Å². The number of hydrogen-bond acceptors (Lipinski definition) is 8. The number of carbonyl (C=O) groups is 2. The first-order valence-corrected chi connectivity index (χ1v) is 10.8. The van der Waals surface area contributed by atoms with Gasteiger partial charge in [-0.15, -0.1) is 11.3 Å². The van der Waals surface area contributed by atoms with Crippen molar-refractivity contribution in [3.8, 4) is 11.5 Å². The zero-order chi connectivity index (χ0) is 21.4. The van der Waals surface area contributed by atoms with Crippen molar-refractivity contribution in [2.45, 2.75) is 32.3 Å². The highest BCUT2D eigenvalue weighted by Crippen LogP contribution is 2.32. The Morgan fingerprint density at radius 2 is 2.00 bits per heavy atom. The summed E-state index contributed by atoms with van der Waals surface area (Å²) in [7, 11) is 0. The maximum atomic E-state index is 12.5. The number of ether oxygens (including phenoxy) is 3. The Labute approximate surface area is 180 Å². The Balaban J connectivity index is 1.19. The normalized spacial score (nSPS) is 14.3. The minimum atomic E-state index is -0.624. The average Bonchev–Trinajstić information content (AvgIpc) is 3.39. The molecule has 160 valence electrons. The van der Waals surface area contributed by atoms with Gasteiger partial charge in [0, 0.05) is 22.2 Å². The lowest BCUT2D eigenvalue weighted by atomic mass is 10.0. The number of amides is 1. The van der Waals surface area contributed by atoms with Crippen LogP contribution in [0.15, 0.2) is 29.1 Å². The Morgan fingerprint density at radius 3 is 2.90 bits per heavy atom. The van der Waals surface area contributed by atoms with Gasteiger partial charge < -0.3 is 19.5 Å². The van der Waals surface area contributed by atoms with Crippen LogP contribution in [0.4, 0.5) is 0 Å². The van der Waals surface area contributed by atoms with E-state index in [1.54, 1.807) is 22.6 Å². The summed E-state index contributed by atoms with van der Waals surface area (Å²) >= 11 is 1.52. The Morgan fingerprint density at radius 1 is 1.16 bits per heavy atom. The number of thiazole rings is 1. The molecule has 3 heterocycles. The summed E-state index contributed by atoms with van der Waals surface area (Å²) < 4.78 is 17.3. The zero-order valence-corrected chi connectivity index (χ0v) is 17.3. The van der Waals surface area contributed by atoms with Crippen LogP contribution in [0.5, 0.6) is 11.5 Å². The van der Waals surface area contributed by atoms with Gasteiger partial charge in [0.25, 0.3) is 11.5 Å². The van der Waals surface area contributed by atoms with Crippen LogP contribution in [0.3, 0.4) is 0 Å². The van der Waals surface area contributed by atoms with Gasteiger partial charge in [0.2, 0.25) is 6.79 Å². The zero-order valence-electron chi connectivity index (χ0n) is 16.5. The van der Waals surface area contributed by atoms with Gasteiger partial charge in [0.15, 0.2) is 16.5 Å². The highest BCUT2D eigenvalue weighted by atomic mass is 32.1. The summed E-state index contributed by atoms with van der Waals surface area (Å²) in [5, 5.41) is 2.51. The molecule has 0 radical (unpaired) electrons. The van der Waals surface area contributed by atoms with E-state index in [4.69, 9.17) is 14.2 Å². The summed E-state index contributed by atoms with van der Waals surface area (Å²) in [4.78, 5) is 43.2. The molecular formula is C21H19N3O6S. The van der Waals surface area contributed by atoms with E-state index in [1.807, 2.05) is 0 Å². The third-order valence-electron chi connectivity index (χ3n) is 5.22. The second-order valence-corrected chi connectivity index (χ2v) is 8.36. The third-order valence-corrected chi connectivity index (χ3v) is 6.37. The molecule has 0 saturated carbocycles. The third kappa shape index (κ3) is 3.86. The standard InChI is InChI=1S/C21H19N3O6S/c25-18-8-13(23-21-24(18)14-3-1-2-4-17(14)31-21)10-28-19(26)9-22-20(27)12-5-6-15-16(7-12)30-11-29-15/h5-8H,1-4,9-11H2,(H,22,27). The van der Waals surface area contributed by atoms with E-state index in [-0.39, 0.29) is 25.5 Å². The number of fused-ring (bicyclic) bond motifs is 4. The summed E-state index contributed by atoms with van der Waals surface area (Å²) in [5.41, 5.74) is 1.63. The smallest absolute Gasteiger partial charge is 0.325 e. The highest BCUT2D eigenvalue weighted by molar-refractivity contribution is 7.17. The predicted molar refractivity (Wildman–Crippen MR) is 111 cm³/mol. The number of rotatable bonds is 5. The van der Waals surface area contributed by atoms with Crippen molar-refractivity contribution in [3.05, 3.63) is 56.4 Å². The first kappa shape index (κ1) is 19.6. The van der Waals surface area contributed by atoms with Crippen LogP contribution in [-0.4, -0.2) is 34.6 Å². The van der Waals surface area contributed by atoms with Crippen molar-refractivity contribution < 1.29 is 23.8 Å². The molecule has 0 bridgehead atoms. The van der Waals surface area contributed by atoms with E-state index in [2.05, 4.69) is 10.3 Å². The lowest BCUT2D eigenvalue weighted by Crippen LogP contribution is -2.30. The Kier molecular flexibility index (Phi) is 5.06. The average molecular weight is 441 g/mol. The van der Waals surface area contributed by atoms with Crippen LogP contribution in [0.2, 0.25) is 0 Å². The molecule has 5 rings (SSSR count). The molecule has 1 amide bonds. The molecule has 1 aliphatic heterocycles. The van der Waals surface area contributed by atoms with Crippen LogP contribution < -0.4 is 20.3 Å². The first-order chi connectivity index (χ1) is 15.1. The molecule has 2 aromatic heterocycles. The lowest BCUT2D eigenvalue weighted by molar-refractivity contribution is -0.143. The number of aromatic nitrogens is 2. The van der Waals surface area contributed by atoms with E-state index >= 15 is 0 Å². The molecule has 0 unspecified atom stereocenters. The molecule has 0 fully saturated rings. The maximum absolute atomic E-state index is 12.5. The molecular weight excluding hydrogens is 422 g/mol. The van der Waals surface area contributed by atoms with Gasteiger partial charge in [-0.05, 0) is 43.9 Å². The van der Waals surface area contributed by atoms with Crippen LogP contribution in [0, 0.1) is 0 Å². The van der Waals surface area contributed by atoms with Crippen molar-refractivity contribution in [2.24, 2.45) is 0 Å². The van der Waals surface area contributed by atoms with Crippen molar-refractivity contribution >= 4 is 28.2 Å². The number of benzene rings is 1. The first-order valence-electron chi connectivity index (χ1n) is 9.95. The van der Waals surface area contributed by atoms with Crippen molar-refractivity contribution in [1.29, 1.82) is 0 Å². The van der Waals surface area contributed by atoms with Gasteiger partial charge in [-0.1, -0.05) is 0 Å². The number of aryl methyl sites for hydroxylation is 2. The predicted octanol–water partition coefficient (Wildman–Crippen LogP) is 1.84. The quantitative estimate of drug-likeness (QED) is 0.602. The number of carbonyl (C=O) groups excluding carboxylic acids is 2. The summed E-state index contributed by atoms with van der Waals surface area (Å²) in [6.45, 7) is -0.320. The fourth-order valence-corrected chi connectivity index (χ4v) is 4.95. The summed E-state index contributed by atoms with van der Waals surface area (Å²) in [5.74, 6) is -0.0000599. The molecule has 10 heteroatoms. The molecule has 31 heavy (non-hydrogen) atoms. The molecule has 2 aliphatic rings. The molecule has 1 aliphatic carbocycles. The number of esters is 1. The van der Waals surface area contributed by atoms with E-state index in [9.17, 15) is 14.4 Å². The minimum absolute atomic E-state index is 0.115. The van der Waals surface area contributed by atoms with Gasteiger partial charge in [0.05, 0.1) is 5.69 Å². The molecule has 0 saturated heterocycles.